The van der Waals surface area contributed by atoms with Gasteiger partial charge in [-0.1, -0.05) is 22.0 Å². The van der Waals surface area contributed by atoms with Crippen LogP contribution in [0.25, 0.3) is 0 Å². The van der Waals surface area contributed by atoms with Gasteiger partial charge in [0.1, 0.15) is 24.1 Å². The molecule has 1 aromatic carbocycles. The van der Waals surface area contributed by atoms with Gasteiger partial charge in [-0.15, -0.1) is 5.10 Å². The number of halogens is 2. The fourth-order valence-corrected chi connectivity index (χ4v) is 3.85. The number of ether oxygens (including phenoxy) is 2. The van der Waals surface area contributed by atoms with Crippen molar-refractivity contribution < 1.29 is 39.4 Å². The first-order chi connectivity index (χ1) is 14.5. The highest BCUT2D eigenvalue weighted by molar-refractivity contribution is 9.10. The van der Waals surface area contributed by atoms with Crippen LogP contribution in [-0.4, -0.2) is 72.3 Å². The molecule has 1 aliphatic rings. The van der Waals surface area contributed by atoms with Gasteiger partial charge in [-0.3, -0.25) is 4.68 Å². The standard InChI is InChI=1S/C20H26BrFN2O7/c1-9(2)24-10(3)13(6-11-4-5-12(21)7-14(11)22)19(23-24)31-20(29)18(28)17(27)16(26)15(8-25)30-20/h4-5,7,9,15-18,25-29H,6,8H2,1-3H3/t15-,16-,17+,18-,20-/m1/s1. The van der Waals surface area contributed by atoms with E-state index in [0.29, 0.717) is 21.3 Å². The van der Waals surface area contributed by atoms with Gasteiger partial charge < -0.3 is 35.0 Å². The van der Waals surface area contributed by atoms with E-state index in [0.717, 1.165) is 0 Å². The Hall–Kier alpha value is -1.60. The number of benzene rings is 1. The summed E-state index contributed by atoms with van der Waals surface area (Å²) in [5.41, 5.74) is 1.42. The first-order valence-electron chi connectivity index (χ1n) is 9.74. The molecule has 2 heterocycles. The van der Waals surface area contributed by atoms with Gasteiger partial charge in [0.15, 0.2) is 6.10 Å². The van der Waals surface area contributed by atoms with Crippen molar-refractivity contribution in [2.24, 2.45) is 0 Å². The van der Waals surface area contributed by atoms with Gasteiger partial charge in [0.25, 0.3) is 0 Å². The van der Waals surface area contributed by atoms with Gasteiger partial charge in [0, 0.05) is 28.2 Å². The maximum absolute atomic E-state index is 14.5. The van der Waals surface area contributed by atoms with Crippen molar-refractivity contribution in [1.82, 2.24) is 9.78 Å². The van der Waals surface area contributed by atoms with Crippen molar-refractivity contribution in [3.8, 4) is 5.88 Å². The lowest BCUT2D eigenvalue weighted by molar-refractivity contribution is -0.423. The van der Waals surface area contributed by atoms with Crippen LogP contribution in [0.2, 0.25) is 0 Å². The molecule has 1 aliphatic heterocycles. The van der Waals surface area contributed by atoms with E-state index in [4.69, 9.17) is 9.47 Å². The van der Waals surface area contributed by atoms with Gasteiger partial charge in [-0.25, -0.2) is 4.39 Å². The molecular weight excluding hydrogens is 479 g/mol. The van der Waals surface area contributed by atoms with Gasteiger partial charge in [0.05, 0.1) is 6.61 Å². The van der Waals surface area contributed by atoms with E-state index >= 15 is 0 Å². The smallest absolute Gasteiger partial charge is 0.356 e. The Balaban J connectivity index is 2.01. The summed E-state index contributed by atoms with van der Waals surface area (Å²) in [6, 6.07) is 4.50. The highest BCUT2D eigenvalue weighted by Crippen LogP contribution is 2.35. The Morgan fingerprint density at radius 1 is 1.29 bits per heavy atom. The third-order valence-corrected chi connectivity index (χ3v) is 5.77. The summed E-state index contributed by atoms with van der Waals surface area (Å²) in [6.07, 6.45) is -6.91. The molecular formula is C20H26BrFN2O7. The van der Waals surface area contributed by atoms with Crippen LogP contribution in [0.4, 0.5) is 4.39 Å². The van der Waals surface area contributed by atoms with E-state index < -0.39 is 42.8 Å². The summed E-state index contributed by atoms with van der Waals surface area (Å²) in [5, 5.41) is 54.8. The average molecular weight is 505 g/mol. The Bertz CT molecular complexity index is 938. The molecule has 0 bridgehead atoms. The number of nitrogens with zero attached hydrogens (tertiary/aromatic N) is 2. The molecule has 0 saturated carbocycles. The van der Waals surface area contributed by atoms with E-state index in [-0.39, 0.29) is 18.3 Å². The second-order valence-electron chi connectivity index (χ2n) is 7.82. The van der Waals surface area contributed by atoms with E-state index in [2.05, 4.69) is 21.0 Å². The molecule has 0 spiro atoms. The molecule has 0 aliphatic carbocycles. The van der Waals surface area contributed by atoms with E-state index in [1.807, 2.05) is 13.8 Å². The molecule has 9 nitrogen and oxygen atoms in total. The quantitative estimate of drug-likeness (QED) is 0.363. The molecule has 0 radical (unpaired) electrons. The molecule has 5 atom stereocenters. The number of hydrogen-bond donors (Lipinski definition) is 5. The monoisotopic (exact) mass is 504 g/mol. The number of aromatic nitrogens is 2. The Kier molecular flexibility index (Phi) is 7.06. The van der Waals surface area contributed by atoms with Crippen LogP contribution in [0.5, 0.6) is 5.88 Å². The Labute approximate surface area is 186 Å². The fraction of sp³-hybridized carbons (Fsp3) is 0.550. The average Bonchev–Trinajstić information content (AvgIpc) is 3.01. The topological polar surface area (TPSA) is 137 Å². The van der Waals surface area contributed by atoms with Crippen molar-refractivity contribution >= 4 is 15.9 Å². The first kappa shape index (κ1) is 24.1. The maximum atomic E-state index is 14.5. The van der Waals surface area contributed by atoms with Gasteiger partial charge in [-0.2, -0.15) is 0 Å². The lowest BCUT2D eigenvalue weighted by atomic mass is 9.98. The molecule has 1 fully saturated rings. The van der Waals surface area contributed by atoms with Crippen LogP contribution in [0.1, 0.15) is 36.7 Å². The second-order valence-corrected chi connectivity index (χ2v) is 8.73. The van der Waals surface area contributed by atoms with Crippen molar-refractivity contribution in [1.29, 1.82) is 0 Å². The van der Waals surface area contributed by atoms with Crippen LogP contribution >= 0.6 is 15.9 Å². The lowest BCUT2D eigenvalue weighted by Gasteiger charge is -2.43. The van der Waals surface area contributed by atoms with E-state index in [1.54, 1.807) is 23.7 Å². The van der Waals surface area contributed by atoms with Gasteiger partial charge in [-0.05, 0) is 38.5 Å². The predicted molar refractivity (Wildman–Crippen MR) is 110 cm³/mol. The van der Waals surface area contributed by atoms with Crippen LogP contribution < -0.4 is 4.74 Å². The minimum Gasteiger partial charge on any atom is -0.417 e. The third kappa shape index (κ3) is 4.63. The molecule has 1 aromatic heterocycles. The van der Waals surface area contributed by atoms with Gasteiger partial charge >= 0.3 is 5.97 Å². The van der Waals surface area contributed by atoms with Crippen LogP contribution in [0.15, 0.2) is 22.7 Å². The zero-order valence-corrected chi connectivity index (χ0v) is 18.8. The molecule has 2 aromatic rings. The molecule has 3 rings (SSSR count). The minimum atomic E-state index is -2.80. The Morgan fingerprint density at radius 3 is 2.55 bits per heavy atom. The normalized spacial score (nSPS) is 28.9. The highest BCUT2D eigenvalue weighted by Gasteiger charge is 2.55. The van der Waals surface area contributed by atoms with Crippen molar-refractivity contribution in [2.75, 3.05) is 6.61 Å². The zero-order chi connectivity index (χ0) is 23.1. The van der Waals surface area contributed by atoms with Crippen LogP contribution in [-0.2, 0) is 11.2 Å². The van der Waals surface area contributed by atoms with Crippen molar-refractivity contribution in [3.05, 3.63) is 45.3 Å². The van der Waals surface area contributed by atoms with Crippen LogP contribution in [0, 0.1) is 12.7 Å². The van der Waals surface area contributed by atoms with E-state index in [1.165, 1.54) is 6.07 Å². The molecule has 172 valence electrons. The molecule has 0 unspecified atom stereocenters. The molecule has 1 saturated heterocycles. The predicted octanol–water partition coefficient (Wildman–Crippen LogP) is 0.764. The summed E-state index contributed by atoms with van der Waals surface area (Å²) in [7, 11) is 0. The fourth-order valence-electron chi connectivity index (χ4n) is 3.52. The molecule has 31 heavy (non-hydrogen) atoms. The molecule has 5 N–H and O–H groups in total. The summed E-state index contributed by atoms with van der Waals surface area (Å²) >= 11 is 3.21. The Morgan fingerprint density at radius 2 is 1.97 bits per heavy atom. The number of hydrogen-bond acceptors (Lipinski definition) is 8. The highest BCUT2D eigenvalue weighted by atomic mass is 79.9. The summed E-state index contributed by atoms with van der Waals surface area (Å²) in [4.78, 5) is 0. The SMILES string of the molecule is Cc1c(Cc2ccc(Br)cc2F)c(O[C@]2(O)O[C@H](CO)[C@@H](O)[C@H](O)[C@H]2O)nn1C(C)C. The first-order valence-corrected chi connectivity index (χ1v) is 10.5. The largest absolute Gasteiger partial charge is 0.417 e. The third-order valence-electron chi connectivity index (χ3n) is 5.28. The van der Waals surface area contributed by atoms with Crippen molar-refractivity contribution in [3.63, 3.8) is 0 Å². The second kappa shape index (κ2) is 9.10. The number of aliphatic hydroxyl groups excluding tert-OH is 4. The number of aliphatic hydroxyl groups is 5. The van der Waals surface area contributed by atoms with Gasteiger partial charge in [0.2, 0.25) is 5.88 Å². The summed E-state index contributed by atoms with van der Waals surface area (Å²) in [6.45, 7) is 4.75. The maximum Gasteiger partial charge on any atom is 0.356 e. The summed E-state index contributed by atoms with van der Waals surface area (Å²) < 4.78 is 27.3. The van der Waals surface area contributed by atoms with E-state index in [9.17, 15) is 29.9 Å². The lowest BCUT2D eigenvalue weighted by Crippen LogP contribution is -2.67. The van der Waals surface area contributed by atoms with Crippen molar-refractivity contribution in [2.45, 2.75) is 63.6 Å². The minimum absolute atomic E-state index is 0.0633. The van der Waals surface area contributed by atoms with Crippen LogP contribution in [0.3, 0.4) is 0 Å². The summed E-state index contributed by atoms with van der Waals surface area (Å²) in [5.74, 6) is -3.40. The molecule has 11 heteroatoms. The number of rotatable bonds is 6. The molecule has 0 amide bonds. The zero-order valence-electron chi connectivity index (χ0n) is 17.2.